The fourth-order valence-corrected chi connectivity index (χ4v) is 3.94. The summed E-state index contributed by atoms with van der Waals surface area (Å²) in [4.78, 5) is 0. The van der Waals surface area contributed by atoms with Crippen LogP contribution in [-0.4, -0.2) is 19.6 Å². The van der Waals surface area contributed by atoms with E-state index in [0.717, 1.165) is 34.0 Å². The van der Waals surface area contributed by atoms with Crippen LogP contribution in [0.25, 0.3) is 21.8 Å². The van der Waals surface area contributed by atoms with Gasteiger partial charge in [-0.25, -0.2) is 4.68 Å². The van der Waals surface area contributed by atoms with E-state index < -0.39 is 6.55 Å². The van der Waals surface area contributed by atoms with Gasteiger partial charge in [0.1, 0.15) is 0 Å². The molecule has 0 radical (unpaired) electrons. The van der Waals surface area contributed by atoms with Crippen molar-refractivity contribution in [3.8, 4) is 0 Å². The Balaban J connectivity index is 1.59. The molecule has 1 atom stereocenters. The molecular weight excluding hydrogens is 358 g/mol. The molecule has 0 aliphatic heterocycles. The van der Waals surface area contributed by atoms with Crippen molar-refractivity contribution in [2.24, 2.45) is 0 Å². The Hall–Kier alpha value is -2.76. The zero-order chi connectivity index (χ0) is 19.8. The van der Waals surface area contributed by atoms with Crippen LogP contribution in [0.15, 0.2) is 48.8 Å². The summed E-state index contributed by atoms with van der Waals surface area (Å²) in [5.74, 6) is 0.445. The monoisotopic (exact) mass is 382 g/mol. The number of hydrogen-bond donors (Lipinski definition) is 0. The summed E-state index contributed by atoms with van der Waals surface area (Å²) in [5.41, 5.74) is 3.96. The summed E-state index contributed by atoms with van der Waals surface area (Å²) in [5, 5.41) is 10.5. The molecule has 1 unspecified atom stereocenters. The number of rotatable bonds is 6. The summed E-state index contributed by atoms with van der Waals surface area (Å²) < 4.78 is 29.0. The van der Waals surface area contributed by atoms with E-state index >= 15 is 0 Å². The lowest BCUT2D eigenvalue weighted by molar-refractivity contribution is 0.0615. The average Bonchev–Trinajstić information content (AvgIpc) is 3.30. The zero-order valence-corrected chi connectivity index (χ0v) is 16.3. The predicted octanol–water partition coefficient (Wildman–Crippen LogP) is 6.10. The van der Waals surface area contributed by atoms with Crippen LogP contribution in [0.5, 0.6) is 0 Å². The van der Waals surface area contributed by atoms with Crippen LogP contribution in [0.1, 0.15) is 56.8 Å². The van der Waals surface area contributed by atoms with Gasteiger partial charge in [-0.2, -0.15) is 19.0 Å². The lowest BCUT2D eigenvalue weighted by Gasteiger charge is -2.15. The fraction of sp³-hybridized carbons (Fsp3) is 0.364. The Bertz CT molecular complexity index is 1110. The summed E-state index contributed by atoms with van der Waals surface area (Å²) in [6.07, 6.45) is 5.13. The second-order valence-electron chi connectivity index (χ2n) is 7.63. The molecule has 0 saturated carbocycles. The number of aryl methyl sites for hydroxylation is 1. The van der Waals surface area contributed by atoms with Crippen LogP contribution in [0.3, 0.4) is 0 Å². The Kier molecular flexibility index (Phi) is 4.87. The molecule has 6 heteroatoms. The minimum Gasteiger partial charge on any atom is -0.262 e. The minimum absolute atomic E-state index is 0.195. The van der Waals surface area contributed by atoms with Crippen LogP contribution in [0.4, 0.5) is 8.78 Å². The van der Waals surface area contributed by atoms with E-state index in [-0.39, 0.29) is 6.04 Å². The Morgan fingerprint density at radius 3 is 2.21 bits per heavy atom. The van der Waals surface area contributed by atoms with Gasteiger partial charge in [-0.1, -0.05) is 38.1 Å². The van der Waals surface area contributed by atoms with Gasteiger partial charge in [0, 0.05) is 10.8 Å². The van der Waals surface area contributed by atoms with Gasteiger partial charge < -0.3 is 0 Å². The van der Waals surface area contributed by atoms with E-state index in [1.807, 2.05) is 18.3 Å². The highest BCUT2D eigenvalue weighted by Crippen LogP contribution is 2.29. The van der Waals surface area contributed by atoms with Gasteiger partial charge in [-0.15, -0.1) is 0 Å². The predicted molar refractivity (Wildman–Crippen MR) is 108 cm³/mol. The molecule has 0 fully saturated rings. The SMILES string of the molecule is CC(C)c1cccc2c1cnn2C(C)CCc1cccc2c1cnn2C(F)F. The highest BCUT2D eigenvalue weighted by molar-refractivity contribution is 5.83. The molecule has 2 heterocycles. The number of halogens is 2. The number of fused-ring (bicyclic) bond motifs is 2. The third kappa shape index (κ3) is 3.17. The Labute approximate surface area is 162 Å². The van der Waals surface area contributed by atoms with Crippen molar-refractivity contribution in [3.63, 3.8) is 0 Å². The maximum atomic E-state index is 13.1. The molecule has 0 bridgehead atoms. The van der Waals surface area contributed by atoms with E-state index in [9.17, 15) is 8.78 Å². The molecule has 4 rings (SSSR count). The van der Waals surface area contributed by atoms with Crippen LogP contribution < -0.4 is 0 Å². The lowest BCUT2D eigenvalue weighted by Crippen LogP contribution is -2.08. The Morgan fingerprint density at radius 1 is 0.857 bits per heavy atom. The average molecular weight is 382 g/mol. The quantitative estimate of drug-likeness (QED) is 0.404. The third-order valence-corrected chi connectivity index (χ3v) is 5.46. The molecule has 28 heavy (non-hydrogen) atoms. The van der Waals surface area contributed by atoms with E-state index in [2.05, 4.69) is 53.8 Å². The zero-order valence-electron chi connectivity index (χ0n) is 16.3. The summed E-state index contributed by atoms with van der Waals surface area (Å²) in [7, 11) is 0. The minimum atomic E-state index is -2.63. The van der Waals surface area contributed by atoms with E-state index in [1.54, 1.807) is 12.3 Å². The number of hydrogen-bond acceptors (Lipinski definition) is 2. The van der Waals surface area contributed by atoms with Crippen LogP contribution in [0, 0.1) is 0 Å². The summed E-state index contributed by atoms with van der Waals surface area (Å²) >= 11 is 0. The van der Waals surface area contributed by atoms with Crippen molar-refractivity contribution in [2.75, 3.05) is 0 Å². The lowest BCUT2D eigenvalue weighted by atomic mass is 9.99. The topological polar surface area (TPSA) is 35.6 Å². The van der Waals surface area contributed by atoms with E-state index in [0.29, 0.717) is 11.4 Å². The maximum absolute atomic E-state index is 13.1. The normalized spacial score (nSPS) is 13.2. The van der Waals surface area contributed by atoms with Crippen molar-refractivity contribution in [2.45, 2.75) is 52.1 Å². The Morgan fingerprint density at radius 2 is 1.50 bits per heavy atom. The van der Waals surface area contributed by atoms with Gasteiger partial charge in [0.25, 0.3) is 0 Å². The standard InChI is InChI=1S/C22H24F2N4/c1-14(2)17-7-5-9-21-19(17)13-25-27(21)15(3)10-11-16-6-4-8-20-18(16)12-26-28(20)22(23)24/h4-9,12-15,22H,10-11H2,1-3H3. The van der Waals surface area contributed by atoms with Crippen LogP contribution in [-0.2, 0) is 6.42 Å². The first-order valence-corrected chi connectivity index (χ1v) is 9.66. The van der Waals surface area contributed by atoms with Crippen molar-refractivity contribution in [1.29, 1.82) is 0 Å². The van der Waals surface area contributed by atoms with Gasteiger partial charge in [0.05, 0.1) is 29.5 Å². The van der Waals surface area contributed by atoms with Gasteiger partial charge in [-0.3, -0.25) is 4.68 Å². The molecule has 146 valence electrons. The van der Waals surface area contributed by atoms with Crippen molar-refractivity contribution in [1.82, 2.24) is 19.6 Å². The first-order chi connectivity index (χ1) is 13.5. The molecule has 0 N–H and O–H groups in total. The van der Waals surface area contributed by atoms with Crippen LogP contribution >= 0.6 is 0 Å². The van der Waals surface area contributed by atoms with Crippen LogP contribution in [0.2, 0.25) is 0 Å². The molecule has 0 saturated heterocycles. The maximum Gasteiger partial charge on any atom is 0.333 e. The highest BCUT2D eigenvalue weighted by Gasteiger charge is 2.16. The second kappa shape index (κ2) is 7.34. The number of aromatic nitrogens is 4. The molecule has 2 aromatic carbocycles. The molecule has 0 aliphatic rings. The molecule has 0 spiro atoms. The first kappa shape index (κ1) is 18.6. The van der Waals surface area contributed by atoms with Crippen molar-refractivity contribution in [3.05, 3.63) is 59.9 Å². The molecule has 0 amide bonds. The largest absolute Gasteiger partial charge is 0.333 e. The number of nitrogens with zero attached hydrogens (tertiary/aromatic N) is 4. The van der Waals surface area contributed by atoms with Gasteiger partial charge in [-0.05, 0) is 48.9 Å². The molecule has 4 nitrogen and oxygen atoms in total. The number of benzene rings is 2. The smallest absolute Gasteiger partial charge is 0.262 e. The third-order valence-electron chi connectivity index (χ3n) is 5.46. The van der Waals surface area contributed by atoms with Crippen molar-refractivity contribution < 1.29 is 8.78 Å². The molecular formula is C22H24F2N4. The van der Waals surface area contributed by atoms with Gasteiger partial charge >= 0.3 is 6.55 Å². The van der Waals surface area contributed by atoms with Crippen molar-refractivity contribution >= 4 is 21.8 Å². The summed E-state index contributed by atoms with van der Waals surface area (Å²) in [6, 6.07) is 12.0. The molecule has 4 aromatic rings. The number of alkyl halides is 2. The van der Waals surface area contributed by atoms with E-state index in [4.69, 9.17) is 0 Å². The highest BCUT2D eigenvalue weighted by atomic mass is 19.3. The van der Waals surface area contributed by atoms with Gasteiger partial charge in [0.2, 0.25) is 0 Å². The molecule has 0 aliphatic carbocycles. The first-order valence-electron chi connectivity index (χ1n) is 9.66. The summed E-state index contributed by atoms with van der Waals surface area (Å²) in [6.45, 7) is 3.90. The molecule has 2 aromatic heterocycles. The second-order valence-corrected chi connectivity index (χ2v) is 7.63. The van der Waals surface area contributed by atoms with Gasteiger partial charge in [0.15, 0.2) is 0 Å². The fourth-order valence-electron chi connectivity index (χ4n) is 3.94. The van der Waals surface area contributed by atoms with E-state index in [1.165, 1.54) is 10.9 Å².